The van der Waals surface area contributed by atoms with Crippen molar-refractivity contribution in [1.29, 1.82) is 0 Å². The Balaban J connectivity index is 1.69. The Hall–Kier alpha value is -1.31. The van der Waals surface area contributed by atoms with Crippen molar-refractivity contribution in [2.45, 2.75) is 17.3 Å². The molecule has 1 aromatic heterocycles. The number of carbonyl (C=O) groups excluding carboxylic acids is 1. The normalized spacial score (nSPS) is 12.3. The minimum atomic E-state index is -0.272. The van der Waals surface area contributed by atoms with Gasteiger partial charge in [-0.1, -0.05) is 39.8 Å². The number of rotatable bonds is 4. The lowest BCUT2D eigenvalue weighted by molar-refractivity contribution is -0.115. The first-order valence-corrected chi connectivity index (χ1v) is 9.37. The molecule has 1 atom stereocenters. The molecule has 118 valence electrons. The summed E-state index contributed by atoms with van der Waals surface area (Å²) in [6.07, 6.45) is 0. The predicted octanol–water partition coefficient (Wildman–Crippen LogP) is 5.21. The number of fused-ring (bicyclic) bond motifs is 1. The highest BCUT2D eigenvalue weighted by atomic mass is 79.9. The Labute approximate surface area is 154 Å². The van der Waals surface area contributed by atoms with Crippen LogP contribution >= 0.6 is 43.6 Å². The highest BCUT2D eigenvalue weighted by Gasteiger charge is 2.17. The first-order valence-electron chi connectivity index (χ1n) is 6.90. The molecule has 1 amide bonds. The van der Waals surface area contributed by atoms with Crippen LogP contribution in [0.3, 0.4) is 0 Å². The number of H-pyrrole nitrogens is 1. The molecular weight excluding hydrogens is 442 g/mol. The van der Waals surface area contributed by atoms with Gasteiger partial charge in [-0.15, -0.1) is 0 Å². The topological polar surface area (TPSA) is 57.8 Å². The summed E-state index contributed by atoms with van der Waals surface area (Å²) in [5.74, 6) is -0.0709. The van der Waals surface area contributed by atoms with Crippen molar-refractivity contribution in [3.8, 4) is 0 Å². The number of thioether (sulfide) groups is 1. The van der Waals surface area contributed by atoms with Gasteiger partial charge < -0.3 is 10.3 Å². The number of nitrogens with zero attached hydrogens (tertiary/aromatic N) is 1. The van der Waals surface area contributed by atoms with Crippen molar-refractivity contribution in [3.63, 3.8) is 0 Å². The molecule has 0 saturated heterocycles. The SMILES string of the molecule is CC(Sc1nc2ccccc2[nH]1)C(=O)Nc1ccc(Br)cc1Br. The van der Waals surface area contributed by atoms with E-state index in [1.54, 1.807) is 0 Å². The molecule has 23 heavy (non-hydrogen) atoms. The number of imidazole rings is 1. The van der Waals surface area contributed by atoms with Crippen molar-refractivity contribution in [3.05, 3.63) is 51.4 Å². The van der Waals surface area contributed by atoms with Crippen LogP contribution in [0.15, 0.2) is 56.6 Å². The fourth-order valence-electron chi connectivity index (χ4n) is 2.03. The Morgan fingerprint density at radius 3 is 2.78 bits per heavy atom. The summed E-state index contributed by atoms with van der Waals surface area (Å²) in [5.41, 5.74) is 2.62. The maximum Gasteiger partial charge on any atom is 0.237 e. The highest BCUT2D eigenvalue weighted by molar-refractivity contribution is 9.11. The van der Waals surface area contributed by atoms with E-state index in [-0.39, 0.29) is 11.2 Å². The van der Waals surface area contributed by atoms with Crippen molar-refractivity contribution >= 4 is 66.2 Å². The van der Waals surface area contributed by atoms with Crippen LogP contribution in [0.2, 0.25) is 0 Å². The number of aromatic nitrogens is 2. The fourth-order valence-corrected chi connectivity index (χ4v) is 4.00. The van der Waals surface area contributed by atoms with Gasteiger partial charge in [-0.05, 0) is 53.2 Å². The fraction of sp³-hybridized carbons (Fsp3) is 0.125. The van der Waals surface area contributed by atoms with Crippen molar-refractivity contribution in [1.82, 2.24) is 9.97 Å². The van der Waals surface area contributed by atoms with Gasteiger partial charge in [0.2, 0.25) is 5.91 Å². The molecule has 0 spiro atoms. The minimum Gasteiger partial charge on any atom is -0.333 e. The second-order valence-electron chi connectivity index (χ2n) is 4.93. The van der Waals surface area contributed by atoms with Crippen LogP contribution in [0, 0.1) is 0 Å². The number of amides is 1. The zero-order chi connectivity index (χ0) is 16.4. The molecular formula is C16H13Br2N3OS. The number of halogens is 2. The standard InChI is InChI=1S/C16H13Br2N3OS/c1-9(15(22)19-12-7-6-10(17)8-11(12)18)23-16-20-13-4-2-3-5-14(13)21-16/h2-9H,1H3,(H,19,22)(H,20,21). The average Bonchev–Trinajstić information content (AvgIpc) is 2.92. The van der Waals surface area contributed by atoms with Crippen molar-refractivity contribution in [2.24, 2.45) is 0 Å². The van der Waals surface area contributed by atoms with Crippen LogP contribution in [-0.2, 0) is 4.79 Å². The molecule has 1 unspecified atom stereocenters. The van der Waals surface area contributed by atoms with Gasteiger partial charge in [0.15, 0.2) is 5.16 Å². The summed E-state index contributed by atoms with van der Waals surface area (Å²) in [4.78, 5) is 20.1. The number of para-hydroxylation sites is 2. The van der Waals surface area contributed by atoms with Gasteiger partial charge in [-0.2, -0.15) is 0 Å². The third-order valence-corrected chi connectivity index (χ3v) is 5.35. The van der Waals surface area contributed by atoms with Crippen molar-refractivity contribution < 1.29 is 4.79 Å². The zero-order valence-electron chi connectivity index (χ0n) is 12.1. The summed E-state index contributed by atoms with van der Waals surface area (Å²) in [6.45, 7) is 1.86. The molecule has 4 nitrogen and oxygen atoms in total. The lowest BCUT2D eigenvalue weighted by Crippen LogP contribution is -2.22. The van der Waals surface area contributed by atoms with E-state index < -0.39 is 0 Å². The lowest BCUT2D eigenvalue weighted by Gasteiger charge is -2.12. The number of carbonyl (C=O) groups is 1. The van der Waals surface area contributed by atoms with E-state index in [1.807, 2.05) is 49.4 Å². The summed E-state index contributed by atoms with van der Waals surface area (Å²) < 4.78 is 1.79. The minimum absolute atomic E-state index is 0.0709. The van der Waals surface area contributed by atoms with Crippen LogP contribution in [0.1, 0.15) is 6.92 Å². The number of hydrogen-bond acceptors (Lipinski definition) is 3. The van der Waals surface area contributed by atoms with E-state index in [1.165, 1.54) is 11.8 Å². The van der Waals surface area contributed by atoms with Gasteiger partial charge >= 0.3 is 0 Å². The third kappa shape index (κ3) is 3.97. The van der Waals surface area contributed by atoms with Gasteiger partial charge in [0, 0.05) is 8.95 Å². The molecule has 3 aromatic rings. The van der Waals surface area contributed by atoms with Gasteiger partial charge in [0.25, 0.3) is 0 Å². The first kappa shape index (κ1) is 16.5. The van der Waals surface area contributed by atoms with Crippen molar-refractivity contribution in [2.75, 3.05) is 5.32 Å². The molecule has 0 fully saturated rings. The highest BCUT2D eigenvalue weighted by Crippen LogP contribution is 2.28. The molecule has 0 aliphatic rings. The molecule has 7 heteroatoms. The number of aromatic amines is 1. The smallest absolute Gasteiger partial charge is 0.237 e. The van der Waals surface area contributed by atoms with E-state index in [0.717, 1.165) is 30.8 Å². The summed E-state index contributed by atoms with van der Waals surface area (Å²) in [5, 5.41) is 3.39. The van der Waals surface area contributed by atoms with Crippen LogP contribution in [0.5, 0.6) is 0 Å². The van der Waals surface area contributed by atoms with Gasteiger partial charge in [-0.3, -0.25) is 4.79 Å². The number of nitrogens with one attached hydrogen (secondary N) is 2. The lowest BCUT2D eigenvalue weighted by atomic mass is 10.3. The number of anilines is 1. The molecule has 0 saturated carbocycles. The van der Waals surface area contributed by atoms with Crippen LogP contribution in [-0.4, -0.2) is 21.1 Å². The van der Waals surface area contributed by atoms with Crippen LogP contribution in [0.4, 0.5) is 5.69 Å². The number of hydrogen-bond donors (Lipinski definition) is 2. The summed E-state index contributed by atoms with van der Waals surface area (Å²) >= 11 is 8.24. The monoisotopic (exact) mass is 453 g/mol. The van der Waals surface area contributed by atoms with Crippen LogP contribution in [0.25, 0.3) is 11.0 Å². The molecule has 1 heterocycles. The Morgan fingerprint density at radius 1 is 1.26 bits per heavy atom. The Kier molecular flexibility index (Phi) is 5.08. The van der Waals surface area contributed by atoms with Gasteiger partial charge in [0.1, 0.15) is 0 Å². The van der Waals surface area contributed by atoms with E-state index in [9.17, 15) is 4.79 Å². The van der Waals surface area contributed by atoms with E-state index in [4.69, 9.17) is 0 Å². The van der Waals surface area contributed by atoms with E-state index in [0.29, 0.717) is 0 Å². The largest absolute Gasteiger partial charge is 0.333 e. The van der Waals surface area contributed by atoms with Crippen LogP contribution < -0.4 is 5.32 Å². The molecule has 2 aromatic carbocycles. The molecule has 3 rings (SSSR count). The second kappa shape index (κ2) is 7.07. The maximum atomic E-state index is 12.4. The third-order valence-electron chi connectivity index (χ3n) is 3.21. The molecule has 0 radical (unpaired) electrons. The number of benzene rings is 2. The molecule has 0 aliphatic heterocycles. The maximum absolute atomic E-state index is 12.4. The molecule has 0 bridgehead atoms. The average molecular weight is 455 g/mol. The van der Waals surface area contributed by atoms with Gasteiger partial charge in [0.05, 0.1) is 22.0 Å². The summed E-state index contributed by atoms with van der Waals surface area (Å²) in [6, 6.07) is 13.4. The Morgan fingerprint density at radius 2 is 2.04 bits per heavy atom. The summed E-state index contributed by atoms with van der Waals surface area (Å²) in [7, 11) is 0. The molecule has 2 N–H and O–H groups in total. The van der Waals surface area contributed by atoms with E-state index >= 15 is 0 Å². The van der Waals surface area contributed by atoms with Gasteiger partial charge in [-0.25, -0.2) is 4.98 Å². The van der Waals surface area contributed by atoms with E-state index in [2.05, 4.69) is 47.1 Å². The first-order chi connectivity index (χ1) is 11.0. The molecule has 0 aliphatic carbocycles. The zero-order valence-corrected chi connectivity index (χ0v) is 16.1. The second-order valence-corrected chi connectivity index (χ2v) is 8.03. The Bertz CT molecular complexity index is 832. The predicted molar refractivity (Wildman–Crippen MR) is 102 cm³/mol. The quantitative estimate of drug-likeness (QED) is 0.532.